The van der Waals surface area contributed by atoms with Gasteiger partial charge in [0.2, 0.25) is 5.91 Å². The van der Waals surface area contributed by atoms with Gasteiger partial charge in [-0.3, -0.25) is 19.3 Å². The Balaban J connectivity index is 1.47. The second-order valence-electron chi connectivity index (χ2n) is 7.46. The first kappa shape index (κ1) is 19.1. The Bertz CT molecular complexity index is 992. The summed E-state index contributed by atoms with van der Waals surface area (Å²) in [5, 5.41) is 0. The molecule has 0 radical (unpaired) electrons. The maximum Gasteiger partial charge on any atom is 0.307 e. The molecule has 1 saturated heterocycles. The quantitative estimate of drug-likeness (QED) is 0.728. The minimum absolute atomic E-state index is 0.0131. The molecule has 7 heteroatoms. The van der Waals surface area contributed by atoms with Crippen LogP contribution in [0.3, 0.4) is 0 Å². The van der Waals surface area contributed by atoms with E-state index < -0.39 is 17.4 Å². The number of amides is 2. The Labute approximate surface area is 167 Å². The third-order valence-corrected chi connectivity index (χ3v) is 5.57. The molecule has 2 aliphatic rings. The van der Waals surface area contributed by atoms with Gasteiger partial charge in [0.25, 0.3) is 5.91 Å². The first-order valence-corrected chi connectivity index (χ1v) is 9.54. The van der Waals surface area contributed by atoms with Gasteiger partial charge in [0.15, 0.2) is 0 Å². The van der Waals surface area contributed by atoms with Crippen molar-refractivity contribution in [1.82, 2.24) is 4.90 Å². The summed E-state index contributed by atoms with van der Waals surface area (Å²) in [6.07, 6.45) is 0.837. The third kappa shape index (κ3) is 3.37. The van der Waals surface area contributed by atoms with E-state index in [9.17, 15) is 18.8 Å². The maximum absolute atomic E-state index is 13.2. The van der Waals surface area contributed by atoms with Crippen molar-refractivity contribution in [2.75, 3.05) is 11.4 Å². The Morgan fingerprint density at radius 3 is 2.76 bits per heavy atom. The number of carbonyl (C=O) groups excluding carboxylic acids is 3. The van der Waals surface area contributed by atoms with Crippen molar-refractivity contribution in [3.63, 3.8) is 0 Å². The second-order valence-corrected chi connectivity index (χ2v) is 7.46. The SMILES string of the molecule is C[C@]12CCC(=O)N1c1ccccc1C(=O)N2CCC(=O)OCc1cccc(F)c1. The molecule has 2 aromatic carbocycles. The molecule has 2 amide bonds. The highest BCUT2D eigenvalue weighted by Gasteiger charge is 2.52. The van der Waals surface area contributed by atoms with Gasteiger partial charge in [-0.05, 0) is 43.2 Å². The summed E-state index contributed by atoms with van der Waals surface area (Å²) in [5.74, 6) is -1.12. The van der Waals surface area contributed by atoms with E-state index in [1.807, 2.05) is 6.92 Å². The molecule has 0 bridgehead atoms. The highest BCUT2D eigenvalue weighted by molar-refractivity contribution is 6.10. The summed E-state index contributed by atoms with van der Waals surface area (Å²) in [4.78, 5) is 41.1. The Kier molecular flexibility index (Phi) is 4.82. The van der Waals surface area contributed by atoms with Crippen molar-refractivity contribution in [3.05, 3.63) is 65.5 Å². The van der Waals surface area contributed by atoms with E-state index in [2.05, 4.69) is 0 Å². The van der Waals surface area contributed by atoms with Gasteiger partial charge in [0.1, 0.15) is 18.1 Å². The van der Waals surface area contributed by atoms with Gasteiger partial charge in [-0.25, -0.2) is 4.39 Å². The molecule has 29 heavy (non-hydrogen) atoms. The number of nitrogens with zero attached hydrogens (tertiary/aromatic N) is 2. The van der Waals surface area contributed by atoms with Crippen LogP contribution < -0.4 is 4.90 Å². The van der Waals surface area contributed by atoms with Crippen LogP contribution in [0.1, 0.15) is 42.1 Å². The number of benzene rings is 2. The summed E-state index contributed by atoms with van der Waals surface area (Å²) in [6.45, 7) is 1.95. The lowest BCUT2D eigenvalue weighted by atomic mass is 9.98. The van der Waals surface area contributed by atoms with Crippen LogP contribution in [-0.4, -0.2) is 34.9 Å². The van der Waals surface area contributed by atoms with Gasteiger partial charge in [-0.1, -0.05) is 24.3 Å². The van der Waals surface area contributed by atoms with E-state index >= 15 is 0 Å². The van der Waals surface area contributed by atoms with Gasteiger partial charge in [-0.2, -0.15) is 0 Å². The zero-order valence-electron chi connectivity index (χ0n) is 16.1. The van der Waals surface area contributed by atoms with Crippen molar-refractivity contribution in [1.29, 1.82) is 0 Å². The lowest BCUT2D eigenvalue weighted by Gasteiger charge is -2.48. The van der Waals surface area contributed by atoms with Crippen molar-refractivity contribution in [3.8, 4) is 0 Å². The van der Waals surface area contributed by atoms with Crippen molar-refractivity contribution < 1.29 is 23.5 Å². The summed E-state index contributed by atoms with van der Waals surface area (Å²) in [7, 11) is 0. The molecule has 2 aromatic rings. The van der Waals surface area contributed by atoms with Crippen LogP contribution >= 0.6 is 0 Å². The molecular formula is C22H21FN2O4. The smallest absolute Gasteiger partial charge is 0.307 e. The van der Waals surface area contributed by atoms with Crippen LogP contribution in [0.5, 0.6) is 0 Å². The van der Waals surface area contributed by atoms with Crippen LogP contribution in [0, 0.1) is 5.82 Å². The zero-order valence-corrected chi connectivity index (χ0v) is 16.1. The second kappa shape index (κ2) is 7.31. The molecule has 1 atom stereocenters. The lowest BCUT2D eigenvalue weighted by molar-refractivity contribution is -0.145. The number of rotatable bonds is 5. The van der Waals surface area contributed by atoms with Gasteiger partial charge in [0, 0.05) is 13.0 Å². The van der Waals surface area contributed by atoms with Crippen LogP contribution in [0.4, 0.5) is 10.1 Å². The molecule has 1 fully saturated rings. The van der Waals surface area contributed by atoms with Crippen molar-refractivity contribution >= 4 is 23.5 Å². The lowest BCUT2D eigenvalue weighted by Crippen LogP contribution is -2.62. The standard InChI is InChI=1S/C22H21FN2O4/c1-22-11-9-19(26)25(22)18-8-3-2-7-17(18)21(28)24(22)12-10-20(27)29-14-15-5-4-6-16(23)13-15/h2-8,13H,9-12,14H2,1H3/t22-/m1/s1. The number of hydrogen-bond donors (Lipinski definition) is 0. The summed E-state index contributed by atoms with van der Waals surface area (Å²) in [6, 6.07) is 12.9. The zero-order chi connectivity index (χ0) is 20.6. The molecule has 0 aliphatic carbocycles. The fourth-order valence-corrected chi connectivity index (χ4v) is 4.11. The van der Waals surface area contributed by atoms with Crippen LogP contribution in [0.25, 0.3) is 0 Å². The van der Waals surface area contributed by atoms with Crippen LogP contribution in [0.2, 0.25) is 0 Å². The topological polar surface area (TPSA) is 66.9 Å². The minimum atomic E-state index is -0.800. The molecule has 0 unspecified atom stereocenters. The van der Waals surface area contributed by atoms with Crippen LogP contribution in [-0.2, 0) is 20.9 Å². The summed E-state index contributed by atoms with van der Waals surface area (Å²) in [5.41, 5.74) is 0.826. The number of carbonyl (C=O) groups is 3. The molecule has 0 N–H and O–H groups in total. The number of ether oxygens (including phenoxy) is 1. The number of halogens is 1. The minimum Gasteiger partial charge on any atom is -0.461 e. The molecule has 0 aromatic heterocycles. The van der Waals surface area contributed by atoms with E-state index in [0.717, 1.165) is 0 Å². The molecule has 2 aliphatic heterocycles. The molecule has 6 nitrogen and oxygen atoms in total. The normalized spacial score (nSPS) is 20.5. The fourth-order valence-electron chi connectivity index (χ4n) is 4.11. The van der Waals surface area contributed by atoms with E-state index in [4.69, 9.17) is 4.74 Å². The largest absolute Gasteiger partial charge is 0.461 e. The van der Waals surface area contributed by atoms with Crippen molar-refractivity contribution in [2.24, 2.45) is 0 Å². The van der Waals surface area contributed by atoms with Gasteiger partial charge < -0.3 is 9.64 Å². The van der Waals surface area contributed by atoms with E-state index in [1.54, 1.807) is 46.2 Å². The van der Waals surface area contributed by atoms with Crippen LogP contribution in [0.15, 0.2) is 48.5 Å². The maximum atomic E-state index is 13.2. The van der Waals surface area contributed by atoms with Gasteiger partial charge in [0.05, 0.1) is 17.7 Å². The average Bonchev–Trinajstić information content (AvgIpc) is 3.01. The predicted octanol–water partition coefficient (Wildman–Crippen LogP) is 3.26. The van der Waals surface area contributed by atoms with E-state index in [-0.39, 0.29) is 31.4 Å². The molecule has 0 saturated carbocycles. The Morgan fingerprint density at radius 2 is 1.97 bits per heavy atom. The monoisotopic (exact) mass is 396 g/mol. The van der Waals surface area contributed by atoms with E-state index in [0.29, 0.717) is 29.7 Å². The first-order valence-electron chi connectivity index (χ1n) is 9.54. The van der Waals surface area contributed by atoms with Gasteiger partial charge in [-0.15, -0.1) is 0 Å². The summed E-state index contributed by atoms with van der Waals surface area (Å²) < 4.78 is 18.4. The number of esters is 1. The van der Waals surface area contributed by atoms with Crippen molar-refractivity contribution in [2.45, 2.75) is 38.5 Å². The Morgan fingerprint density at radius 1 is 1.17 bits per heavy atom. The highest BCUT2D eigenvalue weighted by atomic mass is 19.1. The average molecular weight is 396 g/mol. The number of para-hydroxylation sites is 1. The first-order chi connectivity index (χ1) is 13.9. The van der Waals surface area contributed by atoms with E-state index in [1.165, 1.54) is 12.1 Å². The number of anilines is 1. The molecule has 150 valence electrons. The summed E-state index contributed by atoms with van der Waals surface area (Å²) >= 11 is 0. The Hall–Kier alpha value is -3.22. The predicted molar refractivity (Wildman–Crippen MR) is 103 cm³/mol. The molecule has 4 rings (SSSR count). The third-order valence-electron chi connectivity index (χ3n) is 5.57. The molecule has 0 spiro atoms. The van der Waals surface area contributed by atoms with Gasteiger partial charge >= 0.3 is 5.97 Å². The fraction of sp³-hybridized carbons (Fsp3) is 0.318. The number of hydrogen-bond acceptors (Lipinski definition) is 4. The number of fused-ring (bicyclic) bond motifs is 3. The highest BCUT2D eigenvalue weighted by Crippen LogP contribution is 2.43. The molecular weight excluding hydrogens is 375 g/mol. The molecule has 2 heterocycles.